The van der Waals surface area contributed by atoms with E-state index in [1.807, 2.05) is 0 Å². The molecule has 2 amide bonds. The van der Waals surface area contributed by atoms with Crippen molar-refractivity contribution in [2.24, 2.45) is 0 Å². The van der Waals surface area contributed by atoms with Crippen LogP contribution in [0.5, 0.6) is 5.75 Å². The summed E-state index contributed by atoms with van der Waals surface area (Å²) in [4.78, 5) is 35.1. The molecule has 0 bridgehead atoms. The van der Waals surface area contributed by atoms with E-state index in [1.165, 1.54) is 24.3 Å². The molecule has 0 aliphatic heterocycles. The minimum atomic E-state index is -3.02. The van der Waals surface area contributed by atoms with Crippen molar-refractivity contribution in [3.63, 3.8) is 0 Å². The van der Waals surface area contributed by atoms with E-state index < -0.39 is 31.0 Å². The molecule has 0 aliphatic carbocycles. The van der Waals surface area contributed by atoms with Gasteiger partial charge in [-0.1, -0.05) is 34.1 Å². The van der Waals surface area contributed by atoms with Crippen LogP contribution >= 0.6 is 15.9 Å². The van der Waals surface area contributed by atoms with E-state index >= 15 is 0 Å². The van der Waals surface area contributed by atoms with Crippen molar-refractivity contribution < 1.29 is 32.6 Å². The van der Waals surface area contributed by atoms with E-state index in [0.29, 0.717) is 10.0 Å². The third-order valence-electron chi connectivity index (χ3n) is 3.28. The van der Waals surface area contributed by atoms with Crippen LogP contribution < -0.4 is 15.6 Å². The first-order valence-corrected chi connectivity index (χ1v) is 8.88. The van der Waals surface area contributed by atoms with Gasteiger partial charge in [0.1, 0.15) is 5.75 Å². The summed E-state index contributed by atoms with van der Waals surface area (Å²) in [5.74, 6) is -2.32. The quantitative estimate of drug-likeness (QED) is 0.370. The molecule has 0 aromatic heterocycles. The molecule has 0 radical (unpaired) electrons. The molecule has 0 fully saturated rings. The van der Waals surface area contributed by atoms with E-state index in [-0.39, 0.29) is 11.3 Å². The van der Waals surface area contributed by atoms with Gasteiger partial charge < -0.3 is 9.47 Å². The predicted octanol–water partition coefficient (Wildman–Crippen LogP) is 3.07. The van der Waals surface area contributed by atoms with Crippen LogP contribution in [0.2, 0.25) is 0 Å². The van der Waals surface area contributed by atoms with Crippen molar-refractivity contribution in [1.82, 2.24) is 10.9 Å². The Bertz CT molecular complexity index is 907. The maximum Gasteiger partial charge on any atom is 0.387 e. The average Bonchev–Trinajstić information content (AvgIpc) is 2.70. The Hall–Kier alpha value is -3.27. The first kappa shape index (κ1) is 22.0. The maximum absolute atomic E-state index is 12.4. The third-order valence-corrected chi connectivity index (χ3v) is 3.78. The van der Waals surface area contributed by atoms with Gasteiger partial charge >= 0.3 is 12.6 Å². The lowest BCUT2D eigenvalue weighted by molar-refractivity contribution is -0.144. The molecule has 0 heterocycles. The Balaban J connectivity index is 1.83. The van der Waals surface area contributed by atoms with Crippen LogP contribution in [0.1, 0.15) is 15.9 Å². The summed E-state index contributed by atoms with van der Waals surface area (Å²) >= 11 is 3.18. The second kappa shape index (κ2) is 10.9. The van der Waals surface area contributed by atoms with Crippen molar-refractivity contribution in [2.75, 3.05) is 6.61 Å². The zero-order valence-electron chi connectivity index (χ0n) is 14.7. The summed E-state index contributed by atoms with van der Waals surface area (Å²) in [5.41, 5.74) is 4.81. The predicted molar refractivity (Wildman–Crippen MR) is 103 cm³/mol. The minimum Gasteiger partial charge on any atom is -0.452 e. The number of nitrogens with one attached hydrogen (secondary N) is 2. The molecule has 0 unspecified atom stereocenters. The number of hydrazine groups is 1. The Kier molecular flexibility index (Phi) is 8.28. The van der Waals surface area contributed by atoms with Gasteiger partial charge in [-0.05, 0) is 36.4 Å². The number of alkyl halides is 2. The van der Waals surface area contributed by atoms with Crippen molar-refractivity contribution in [3.8, 4) is 5.75 Å². The number of carbonyl (C=O) groups is 3. The molecule has 10 heteroatoms. The first-order chi connectivity index (χ1) is 13.8. The van der Waals surface area contributed by atoms with Crippen LogP contribution in [0, 0.1) is 0 Å². The molecule has 2 rings (SSSR count). The lowest BCUT2D eigenvalue weighted by atomic mass is 10.2. The van der Waals surface area contributed by atoms with Gasteiger partial charge in [0, 0.05) is 21.7 Å². The lowest BCUT2D eigenvalue weighted by Gasteiger charge is -2.08. The molecule has 2 aromatic carbocycles. The van der Waals surface area contributed by atoms with Crippen LogP contribution in [0.3, 0.4) is 0 Å². The maximum atomic E-state index is 12.4. The van der Waals surface area contributed by atoms with E-state index in [0.717, 1.165) is 6.08 Å². The van der Waals surface area contributed by atoms with Gasteiger partial charge in [-0.3, -0.25) is 20.4 Å². The molecule has 152 valence electrons. The molecule has 2 N–H and O–H groups in total. The molecule has 7 nitrogen and oxygen atoms in total. The van der Waals surface area contributed by atoms with Crippen LogP contribution in [0.4, 0.5) is 8.78 Å². The van der Waals surface area contributed by atoms with Crippen LogP contribution in [-0.4, -0.2) is 31.0 Å². The van der Waals surface area contributed by atoms with Gasteiger partial charge in [0.25, 0.3) is 11.8 Å². The zero-order valence-corrected chi connectivity index (χ0v) is 16.3. The van der Waals surface area contributed by atoms with Crippen LogP contribution in [0.25, 0.3) is 6.08 Å². The highest BCUT2D eigenvalue weighted by molar-refractivity contribution is 9.10. The molecule has 29 heavy (non-hydrogen) atoms. The van der Waals surface area contributed by atoms with Gasteiger partial charge in [0.05, 0.1) is 0 Å². The molecule has 0 saturated carbocycles. The van der Waals surface area contributed by atoms with Crippen molar-refractivity contribution >= 4 is 39.8 Å². The Morgan fingerprint density at radius 3 is 2.48 bits per heavy atom. The molecule has 0 atom stereocenters. The Morgan fingerprint density at radius 2 is 1.79 bits per heavy atom. The standard InChI is InChI=1S/C19H15BrF2N2O5/c20-14-7-8-15(29-19(21)22)13(10-14)6-9-17(26)28-11-16(25)23-24-18(27)12-4-2-1-3-5-12/h1-10,19H,11H2,(H,23,25)(H,24,27)/b9-6+. The van der Waals surface area contributed by atoms with Crippen molar-refractivity contribution in [1.29, 1.82) is 0 Å². The van der Waals surface area contributed by atoms with Gasteiger partial charge in [0.15, 0.2) is 6.61 Å². The van der Waals surface area contributed by atoms with Gasteiger partial charge in [-0.2, -0.15) is 8.78 Å². The highest BCUT2D eigenvalue weighted by Gasteiger charge is 2.10. The van der Waals surface area contributed by atoms with Crippen LogP contribution in [0.15, 0.2) is 59.1 Å². The second-order valence-corrected chi connectivity index (χ2v) is 6.29. The number of benzene rings is 2. The molecular weight excluding hydrogens is 454 g/mol. The largest absolute Gasteiger partial charge is 0.452 e. The Labute approximate surface area is 172 Å². The van der Waals surface area contributed by atoms with Crippen LogP contribution in [-0.2, 0) is 14.3 Å². The fraction of sp³-hybridized carbons (Fsp3) is 0.105. The van der Waals surface area contributed by atoms with Crippen molar-refractivity contribution in [2.45, 2.75) is 6.61 Å². The molecule has 0 saturated heterocycles. The zero-order chi connectivity index (χ0) is 21.2. The minimum absolute atomic E-state index is 0.131. The monoisotopic (exact) mass is 468 g/mol. The number of carbonyl (C=O) groups excluding carboxylic acids is 3. The van der Waals surface area contributed by atoms with E-state index in [9.17, 15) is 23.2 Å². The topological polar surface area (TPSA) is 93.7 Å². The number of halogens is 3. The van der Waals surface area contributed by atoms with E-state index in [2.05, 4.69) is 31.5 Å². The summed E-state index contributed by atoms with van der Waals surface area (Å²) in [5, 5.41) is 0. The highest BCUT2D eigenvalue weighted by Crippen LogP contribution is 2.26. The van der Waals surface area contributed by atoms with Gasteiger partial charge in [0.2, 0.25) is 0 Å². The molecule has 0 spiro atoms. The first-order valence-electron chi connectivity index (χ1n) is 8.08. The fourth-order valence-corrected chi connectivity index (χ4v) is 2.40. The lowest BCUT2D eigenvalue weighted by Crippen LogP contribution is -2.43. The summed E-state index contributed by atoms with van der Waals surface area (Å²) in [7, 11) is 0. The second-order valence-electron chi connectivity index (χ2n) is 5.37. The summed E-state index contributed by atoms with van der Waals surface area (Å²) in [6, 6.07) is 12.4. The normalized spacial score (nSPS) is 10.6. The average molecular weight is 469 g/mol. The SMILES string of the molecule is O=C(COC(=O)/C=C/c1cc(Br)ccc1OC(F)F)NNC(=O)c1ccccc1. The number of hydrogen-bond acceptors (Lipinski definition) is 5. The van der Waals surface area contributed by atoms with E-state index in [4.69, 9.17) is 4.74 Å². The highest BCUT2D eigenvalue weighted by atomic mass is 79.9. The number of amides is 2. The van der Waals surface area contributed by atoms with Gasteiger partial charge in [-0.15, -0.1) is 0 Å². The van der Waals surface area contributed by atoms with Crippen molar-refractivity contribution in [3.05, 3.63) is 70.2 Å². The molecular formula is C19H15BrF2N2O5. The fourth-order valence-electron chi connectivity index (χ4n) is 2.02. The smallest absolute Gasteiger partial charge is 0.387 e. The van der Waals surface area contributed by atoms with Gasteiger partial charge in [-0.25, -0.2) is 4.79 Å². The summed E-state index contributed by atoms with van der Waals surface area (Å²) in [6.45, 7) is -3.68. The Morgan fingerprint density at radius 1 is 1.07 bits per heavy atom. The molecule has 0 aliphatic rings. The third kappa shape index (κ3) is 7.70. The number of esters is 1. The summed E-state index contributed by atoms with van der Waals surface area (Å²) < 4.78 is 34.5. The number of rotatable bonds is 7. The number of hydrogen-bond donors (Lipinski definition) is 2. The number of ether oxygens (including phenoxy) is 2. The van der Waals surface area contributed by atoms with E-state index in [1.54, 1.807) is 30.3 Å². The molecule has 2 aromatic rings. The summed E-state index contributed by atoms with van der Waals surface area (Å²) in [6.07, 6.45) is 2.16.